The van der Waals surface area contributed by atoms with Crippen LogP contribution in [0.25, 0.3) is 123 Å². The highest BCUT2D eigenvalue weighted by molar-refractivity contribution is 6.22. The van der Waals surface area contributed by atoms with Crippen molar-refractivity contribution < 1.29 is 0 Å². The van der Waals surface area contributed by atoms with E-state index in [1.54, 1.807) is 0 Å². The van der Waals surface area contributed by atoms with Crippen LogP contribution in [-0.4, -0.2) is 24.1 Å². The fourth-order valence-electron chi connectivity index (χ4n) is 12.8. The minimum atomic E-state index is -0.274. The molecular weight excluding hydrogens is 935 g/mol. The average Bonchev–Trinajstić information content (AvgIpc) is 4.22. The lowest BCUT2D eigenvalue weighted by atomic mass is 9.80. The summed E-state index contributed by atoms with van der Waals surface area (Å²) in [5.41, 5.74) is 20.3. The third-order valence-electron chi connectivity index (χ3n) is 16.3. The lowest BCUT2D eigenvalue weighted by Gasteiger charge is -2.24. The first-order valence-electron chi connectivity index (χ1n) is 26.7. The van der Waals surface area contributed by atoms with Crippen LogP contribution in [0.3, 0.4) is 0 Å². The molecule has 2 aliphatic carbocycles. The summed E-state index contributed by atoms with van der Waals surface area (Å²) in [4.78, 5) is 16.4. The van der Waals surface area contributed by atoms with Gasteiger partial charge in [-0.3, -0.25) is 0 Å². The highest BCUT2D eigenvalue weighted by atomic mass is 15.1. The van der Waals surface area contributed by atoms with Crippen molar-refractivity contribution in [3.05, 3.63) is 272 Å². The number of allylic oxidation sites excluding steroid dienone is 4. The molecule has 3 aromatic heterocycles. The van der Waals surface area contributed by atoms with Crippen molar-refractivity contribution in [2.75, 3.05) is 0 Å². The van der Waals surface area contributed by atoms with E-state index in [1.807, 2.05) is 6.07 Å². The molecule has 1 unspecified atom stereocenters. The van der Waals surface area contributed by atoms with Crippen molar-refractivity contribution in [3.8, 4) is 78.9 Å². The van der Waals surface area contributed by atoms with Crippen LogP contribution in [0.4, 0.5) is 0 Å². The van der Waals surface area contributed by atoms with Gasteiger partial charge in [0.2, 0.25) is 0 Å². The van der Waals surface area contributed by atoms with Crippen LogP contribution >= 0.6 is 0 Å². The maximum Gasteiger partial charge on any atom is 0.166 e. The minimum Gasteiger partial charge on any atom is -0.309 e. The highest BCUT2D eigenvalue weighted by Crippen LogP contribution is 2.52. The standard InChI is InChI=1S/C72H51N5/c1-72(2)60-36-17-15-30-52(60)55-34-19-35-59(68(55)72)71-74-69(48-26-11-5-12-27-48)73-70(75-71)58-43-41-50(47-24-9-4-10-25-47)45-65(58)77-61-37-18-16-31-56(61)66-53(33-21-39-63(66)77)54-32-20-38-62-67(54)57-42-40-49(46-22-7-3-8-23-46)44-64(57)76(62)51-28-13-6-14-29-51/h3-24,26-45,47H,25H2,1-2H3. The quantitative estimate of drug-likeness (QED) is 0.152. The van der Waals surface area contributed by atoms with Crippen molar-refractivity contribution >= 4 is 43.6 Å². The van der Waals surface area contributed by atoms with Crippen molar-refractivity contribution in [1.82, 2.24) is 24.1 Å². The van der Waals surface area contributed by atoms with Crippen LogP contribution in [0.15, 0.2) is 255 Å². The van der Waals surface area contributed by atoms with Gasteiger partial charge in [0, 0.05) is 55.3 Å². The molecule has 5 heteroatoms. The number of para-hydroxylation sites is 2. The predicted octanol–water partition coefficient (Wildman–Crippen LogP) is 18.3. The van der Waals surface area contributed by atoms with E-state index >= 15 is 0 Å². The van der Waals surface area contributed by atoms with Gasteiger partial charge in [0.25, 0.3) is 0 Å². The number of hydrogen-bond donors (Lipinski definition) is 0. The van der Waals surface area contributed by atoms with E-state index in [2.05, 4.69) is 272 Å². The molecule has 0 aliphatic heterocycles. The summed E-state index contributed by atoms with van der Waals surface area (Å²) < 4.78 is 4.91. The fourth-order valence-corrected chi connectivity index (χ4v) is 12.8. The van der Waals surface area contributed by atoms with Gasteiger partial charge < -0.3 is 9.13 Å². The summed E-state index contributed by atoms with van der Waals surface area (Å²) in [6, 6.07) is 83.7. The topological polar surface area (TPSA) is 48.5 Å². The van der Waals surface area contributed by atoms with Crippen LogP contribution in [0.1, 0.15) is 42.9 Å². The van der Waals surface area contributed by atoms with Gasteiger partial charge in [0.15, 0.2) is 17.5 Å². The Morgan fingerprint density at radius 2 is 0.987 bits per heavy atom. The van der Waals surface area contributed by atoms with Gasteiger partial charge in [-0.25, -0.2) is 15.0 Å². The summed E-state index contributed by atoms with van der Waals surface area (Å²) in [5, 5.41) is 4.80. The average molecular weight is 986 g/mol. The number of aromatic nitrogens is 5. The molecule has 0 saturated heterocycles. The van der Waals surface area contributed by atoms with Crippen molar-refractivity contribution in [2.24, 2.45) is 0 Å². The first kappa shape index (κ1) is 44.7. The second-order valence-electron chi connectivity index (χ2n) is 21.0. The Morgan fingerprint density at radius 1 is 0.403 bits per heavy atom. The van der Waals surface area contributed by atoms with Gasteiger partial charge in [-0.05, 0) is 105 Å². The summed E-state index contributed by atoms with van der Waals surface area (Å²) in [7, 11) is 0. The van der Waals surface area contributed by atoms with Gasteiger partial charge >= 0.3 is 0 Å². The molecule has 1 atom stereocenters. The van der Waals surface area contributed by atoms with E-state index in [0.29, 0.717) is 17.5 Å². The second kappa shape index (κ2) is 17.7. The largest absolute Gasteiger partial charge is 0.309 e. The van der Waals surface area contributed by atoms with Crippen LogP contribution < -0.4 is 0 Å². The van der Waals surface area contributed by atoms with E-state index in [4.69, 9.17) is 15.0 Å². The first-order valence-corrected chi connectivity index (χ1v) is 26.7. The highest BCUT2D eigenvalue weighted by Gasteiger charge is 2.38. The predicted molar refractivity (Wildman–Crippen MR) is 319 cm³/mol. The Balaban J connectivity index is 0.990. The number of hydrogen-bond acceptors (Lipinski definition) is 3. The van der Waals surface area contributed by atoms with Gasteiger partial charge in [0.1, 0.15) is 0 Å². The van der Waals surface area contributed by atoms with Crippen molar-refractivity contribution in [3.63, 3.8) is 0 Å². The van der Waals surface area contributed by atoms with Gasteiger partial charge in [-0.15, -0.1) is 0 Å². The zero-order valence-electron chi connectivity index (χ0n) is 42.8. The van der Waals surface area contributed by atoms with Crippen LogP contribution in [0.2, 0.25) is 0 Å². The van der Waals surface area contributed by atoms with Gasteiger partial charge in [-0.2, -0.15) is 0 Å². The number of fused-ring (bicyclic) bond motifs is 9. The lowest BCUT2D eigenvalue weighted by molar-refractivity contribution is 0.661. The molecule has 364 valence electrons. The summed E-state index contributed by atoms with van der Waals surface area (Å²) in [6.45, 7) is 4.65. The molecule has 10 aromatic carbocycles. The smallest absolute Gasteiger partial charge is 0.166 e. The van der Waals surface area contributed by atoms with E-state index < -0.39 is 0 Å². The second-order valence-corrected chi connectivity index (χ2v) is 21.0. The molecule has 0 N–H and O–H groups in total. The lowest BCUT2D eigenvalue weighted by Crippen LogP contribution is -2.17. The molecule has 0 fully saturated rings. The Hall–Kier alpha value is -9.71. The molecule has 5 nitrogen and oxygen atoms in total. The van der Waals surface area contributed by atoms with Crippen LogP contribution in [0.5, 0.6) is 0 Å². The molecule has 77 heavy (non-hydrogen) atoms. The number of nitrogens with zero attached hydrogens (tertiary/aromatic N) is 5. The van der Waals surface area contributed by atoms with Crippen LogP contribution in [-0.2, 0) is 5.41 Å². The molecule has 0 amide bonds. The SMILES string of the molecule is CC1(C)c2ccccc2-c2cccc(-c3nc(-c4ccccc4)nc(-c4ccc(C5C=CC=CC5)cc4-n4c5ccccc5c5c(-c6cccc7c6c6ccc(-c8ccccc8)cc6n7-c6ccccc6)cccc54)n3)c21. The number of benzene rings is 10. The minimum absolute atomic E-state index is 0.211. The maximum absolute atomic E-state index is 5.60. The molecule has 2 aliphatic rings. The Morgan fingerprint density at radius 3 is 1.74 bits per heavy atom. The molecule has 15 rings (SSSR count). The molecule has 3 heterocycles. The van der Waals surface area contributed by atoms with E-state index in [9.17, 15) is 0 Å². The Bertz CT molecular complexity index is 4560. The zero-order chi connectivity index (χ0) is 51.2. The van der Waals surface area contributed by atoms with E-state index in [-0.39, 0.29) is 11.3 Å². The van der Waals surface area contributed by atoms with E-state index in [0.717, 1.165) is 51.0 Å². The fraction of sp³-hybridized carbons (Fsp3) is 0.0694. The first-order chi connectivity index (χ1) is 38.0. The molecular formula is C72H51N5. The third kappa shape index (κ3) is 7.11. The zero-order valence-corrected chi connectivity index (χ0v) is 42.8. The van der Waals surface area contributed by atoms with Crippen molar-refractivity contribution in [2.45, 2.75) is 31.6 Å². The van der Waals surface area contributed by atoms with Gasteiger partial charge in [0.05, 0.1) is 27.8 Å². The summed E-state index contributed by atoms with van der Waals surface area (Å²) in [5.74, 6) is 2.12. The summed E-state index contributed by atoms with van der Waals surface area (Å²) >= 11 is 0. The number of rotatable bonds is 8. The Kier molecular flexibility index (Phi) is 10.3. The molecule has 0 radical (unpaired) electrons. The monoisotopic (exact) mass is 985 g/mol. The molecule has 0 bridgehead atoms. The van der Waals surface area contributed by atoms with E-state index in [1.165, 1.54) is 77.1 Å². The third-order valence-corrected chi connectivity index (χ3v) is 16.3. The molecule has 0 saturated carbocycles. The Labute approximate surface area is 447 Å². The summed E-state index contributed by atoms with van der Waals surface area (Å²) in [6.07, 6.45) is 9.84. The molecule has 0 spiro atoms. The maximum atomic E-state index is 5.60. The normalized spacial score (nSPS) is 14.4. The van der Waals surface area contributed by atoms with Crippen molar-refractivity contribution in [1.29, 1.82) is 0 Å². The van der Waals surface area contributed by atoms with Gasteiger partial charge in [-0.1, -0.05) is 220 Å². The van der Waals surface area contributed by atoms with Crippen LogP contribution in [0, 0.1) is 0 Å². The molecule has 13 aromatic rings.